The summed E-state index contributed by atoms with van der Waals surface area (Å²) in [6, 6.07) is 3.61. The lowest BCUT2D eigenvalue weighted by molar-refractivity contribution is 0.0994. The Kier molecular flexibility index (Phi) is 2.10. The zero-order valence-electron chi connectivity index (χ0n) is 9.42. The molecule has 0 bridgehead atoms. The summed E-state index contributed by atoms with van der Waals surface area (Å²) >= 11 is 0. The summed E-state index contributed by atoms with van der Waals surface area (Å²) in [5, 5.41) is 9.88. The number of carbonyl (C=O) groups excluding carboxylic acids is 1. The normalized spacial score (nSPS) is 15.5. The molecule has 0 saturated carbocycles. The molecule has 1 aliphatic rings. The summed E-state index contributed by atoms with van der Waals surface area (Å²) in [6.07, 6.45) is 1.40. The van der Waals surface area contributed by atoms with Gasteiger partial charge in [-0.25, -0.2) is 0 Å². The van der Waals surface area contributed by atoms with Crippen molar-refractivity contribution in [1.82, 2.24) is 0 Å². The van der Waals surface area contributed by atoms with Crippen LogP contribution in [0.2, 0.25) is 0 Å². The van der Waals surface area contributed by atoms with Gasteiger partial charge < -0.3 is 5.11 Å². The molecule has 0 saturated heterocycles. The van der Waals surface area contributed by atoms with E-state index < -0.39 is 0 Å². The first-order chi connectivity index (χ1) is 6.89. The van der Waals surface area contributed by atoms with Gasteiger partial charge in [0.1, 0.15) is 5.75 Å². The number of Topliss-reactive ketones (excluding diaryl/α,β-unsaturated/α-hetero) is 1. The van der Waals surface area contributed by atoms with Gasteiger partial charge in [-0.15, -0.1) is 0 Å². The standard InChI is InChI=1S/C13H16O2/c1-13(2,3)10-6-8-4-5-11(14)9(8)7-12(10)15/h6-7,15H,4-5H2,1-3H3. The highest BCUT2D eigenvalue weighted by Crippen LogP contribution is 2.35. The van der Waals surface area contributed by atoms with E-state index in [1.165, 1.54) is 0 Å². The Bertz CT molecular complexity index is 425. The molecule has 2 rings (SSSR count). The van der Waals surface area contributed by atoms with Crippen molar-refractivity contribution >= 4 is 5.78 Å². The van der Waals surface area contributed by atoms with Crippen LogP contribution in [0.5, 0.6) is 5.75 Å². The molecule has 0 spiro atoms. The first kappa shape index (κ1) is 10.2. The Morgan fingerprint density at radius 2 is 1.87 bits per heavy atom. The number of phenols is 1. The molecule has 1 aromatic carbocycles. The molecule has 0 unspecified atom stereocenters. The summed E-state index contributed by atoms with van der Waals surface area (Å²) in [4.78, 5) is 11.5. The van der Waals surface area contributed by atoms with E-state index in [0.29, 0.717) is 12.0 Å². The fraction of sp³-hybridized carbons (Fsp3) is 0.462. The zero-order chi connectivity index (χ0) is 11.2. The van der Waals surface area contributed by atoms with Crippen molar-refractivity contribution in [2.24, 2.45) is 0 Å². The molecular weight excluding hydrogens is 188 g/mol. The second kappa shape index (κ2) is 3.09. The van der Waals surface area contributed by atoms with Crippen LogP contribution in [0, 0.1) is 0 Å². The lowest BCUT2D eigenvalue weighted by Gasteiger charge is -2.21. The number of hydrogen-bond donors (Lipinski definition) is 1. The number of rotatable bonds is 0. The highest BCUT2D eigenvalue weighted by Gasteiger charge is 2.25. The molecule has 1 N–H and O–H groups in total. The first-order valence-corrected chi connectivity index (χ1v) is 5.29. The van der Waals surface area contributed by atoms with E-state index in [4.69, 9.17) is 0 Å². The molecule has 0 radical (unpaired) electrons. The van der Waals surface area contributed by atoms with Crippen molar-refractivity contribution in [3.63, 3.8) is 0 Å². The van der Waals surface area contributed by atoms with Crippen LogP contribution in [0.3, 0.4) is 0 Å². The summed E-state index contributed by atoms with van der Waals surface area (Å²) in [5.41, 5.74) is 2.64. The maximum absolute atomic E-state index is 11.5. The zero-order valence-corrected chi connectivity index (χ0v) is 9.42. The predicted octanol–water partition coefficient (Wildman–Crippen LogP) is 2.82. The van der Waals surface area contributed by atoms with Crippen molar-refractivity contribution in [2.75, 3.05) is 0 Å². The second-order valence-corrected chi connectivity index (χ2v) is 5.20. The van der Waals surface area contributed by atoms with Crippen LogP contribution in [0.4, 0.5) is 0 Å². The summed E-state index contributed by atoms with van der Waals surface area (Å²) in [7, 11) is 0. The smallest absolute Gasteiger partial charge is 0.163 e. The number of benzene rings is 1. The van der Waals surface area contributed by atoms with Gasteiger partial charge >= 0.3 is 0 Å². The van der Waals surface area contributed by atoms with Crippen LogP contribution >= 0.6 is 0 Å². The number of fused-ring (bicyclic) bond motifs is 1. The molecule has 0 aromatic heterocycles. The van der Waals surface area contributed by atoms with Gasteiger partial charge in [0.15, 0.2) is 5.78 Å². The quantitative estimate of drug-likeness (QED) is 0.705. The Balaban J connectivity index is 2.59. The lowest BCUT2D eigenvalue weighted by Crippen LogP contribution is -2.12. The highest BCUT2D eigenvalue weighted by molar-refractivity contribution is 6.00. The van der Waals surface area contributed by atoms with E-state index in [1.54, 1.807) is 6.07 Å². The van der Waals surface area contributed by atoms with Crippen LogP contribution in [0.1, 0.15) is 48.7 Å². The monoisotopic (exact) mass is 204 g/mol. The molecule has 80 valence electrons. The fourth-order valence-corrected chi connectivity index (χ4v) is 2.08. The van der Waals surface area contributed by atoms with Crippen molar-refractivity contribution in [2.45, 2.75) is 39.0 Å². The van der Waals surface area contributed by atoms with Gasteiger partial charge in [0.2, 0.25) is 0 Å². The molecule has 0 fully saturated rings. The lowest BCUT2D eigenvalue weighted by atomic mass is 9.84. The third kappa shape index (κ3) is 1.65. The molecule has 1 aliphatic carbocycles. The maximum atomic E-state index is 11.5. The molecule has 0 amide bonds. The molecule has 0 atom stereocenters. The van der Waals surface area contributed by atoms with Crippen molar-refractivity contribution < 1.29 is 9.90 Å². The summed E-state index contributed by atoms with van der Waals surface area (Å²) in [5.74, 6) is 0.400. The third-order valence-electron chi connectivity index (χ3n) is 2.95. The Labute approximate surface area is 89.9 Å². The largest absolute Gasteiger partial charge is 0.508 e. The molecular formula is C13H16O2. The van der Waals surface area contributed by atoms with E-state index in [-0.39, 0.29) is 16.9 Å². The molecule has 0 aliphatic heterocycles. The van der Waals surface area contributed by atoms with E-state index in [0.717, 1.165) is 17.5 Å². The topological polar surface area (TPSA) is 37.3 Å². The maximum Gasteiger partial charge on any atom is 0.163 e. The van der Waals surface area contributed by atoms with E-state index in [2.05, 4.69) is 20.8 Å². The number of ketones is 1. The van der Waals surface area contributed by atoms with Gasteiger partial charge in [-0.2, -0.15) is 0 Å². The number of carbonyl (C=O) groups is 1. The summed E-state index contributed by atoms with van der Waals surface area (Å²) < 4.78 is 0. The van der Waals surface area contributed by atoms with Gasteiger partial charge in [-0.05, 0) is 29.0 Å². The van der Waals surface area contributed by atoms with Gasteiger partial charge in [0.25, 0.3) is 0 Å². The average Bonchev–Trinajstić information content (AvgIpc) is 2.45. The minimum absolute atomic E-state index is 0.0786. The van der Waals surface area contributed by atoms with Crippen molar-refractivity contribution in [3.05, 3.63) is 28.8 Å². The summed E-state index contributed by atoms with van der Waals surface area (Å²) in [6.45, 7) is 6.18. The number of phenolic OH excluding ortho intramolecular Hbond substituents is 1. The number of aromatic hydroxyl groups is 1. The molecule has 2 heteroatoms. The molecule has 15 heavy (non-hydrogen) atoms. The van der Waals surface area contributed by atoms with E-state index in [1.807, 2.05) is 6.07 Å². The Morgan fingerprint density at radius 3 is 2.47 bits per heavy atom. The Morgan fingerprint density at radius 1 is 1.20 bits per heavy atom. The van der Waals surface area contributed by atoms with E-state index >= 15 is 0 Å². The third-order valence-corrected chi connectivity index (χ3v) is 2.95. The number of hydrogen-bond acceptors (Lipinski definition) is 2. The van der Waals surface area contributed by atoms with Crippen LogP contribution in [0.25, 0.3) is 0 Å². The van der Waals surface area contributed by atoms with Crippen LogP contribution in [-0.4, -0.2) is 10.9 Å². The van der Waals surface area contributed by atoms with Crippen LogP contribution in [-0.2, 0) is 11.8 Å². The number of aryl methyl sites for hydroxylation is 1. The average molecular weight is 204 g/mol. The molecule has 0 heterocycles. The van der Waals surface area contributed by atoms with Gasteiger partial charge in [0, 0.05) is 12.0 Å². The van der Waals surface area contributed by atoms with Gasteiger partial charge in [-0.1, -0.05) is 26.8 Å². The second-order valence-electron chi connectivity index (χ2n) is 5.20. The SMILES string of the molecule is CC(C)(C)c1cc2c(cc1O)C(=O)CC2. The molecule has 2 nitrogen and oxygen atoms in total. The van der Waals surface area contributed by atoms with Crippen LogP contribution in [0.15, 0.2) is 12.1 Å². The molecule has 1 aromatic rings. The van der Waals surface area contributed by atoms with Crippen molar-refractivity contribution in [1.29, 1.82) is 0 Å². The first-order valence-electron chi connectivity index (χ1n) is 5.29. The minimum atomic E-state index is -0.0786. The minimum Gasteiger partial charge on any atom is -0.508 e. The van der Waals surface area contributed by atoms with Crippen molar-refractivity contribution in [3.8, 4) is 5.75 Å². The van der Waals surface area contributed by atoms with Gasteiger partial charge in [-0.3, -0.25) is 4.79 Å². The highest BCUT2D eigenvalue weighted by atomic mass is 16.3. The Hall–Kier alpha value is -1.31. The predicted molar refractivity (Wildman–Crippen MR) is 59.5 cm³/mol. The fourth-order valence-electron chi connectivity index (χ4n) is 2.08. The van der Waals surface area contributed by atoms with E-state index in [9.17, 15) is 9.90 Å². The van der Waals surface area contributed by atoms with Crippen LogP contribution < -0.4 is 0 Å². The van der Waals surface area contributed by atoms with Gasteiger partial charge in [0.05, 0.1) is 0 Å².